The van der Waals surface area contributed by atoms with Crippen LogP contribution in [0.5, 0.6) is 0 Å². The Hall–Kier alpha value is -2.79. The standard InChI is InChI=1S/C22H24F6N4O2/c1-30-20(34)32(17-4-2-3-5-17)18(29-30)13-6-8-31(9-7-13)19(33)14-10-15(21(23,24)25)12-16(11-14)22(26,27)28/h10-13,17H,2-9H2,1H3. The molecule has 0 N–H and O–H groups in total. The number of carbonyl (C=O) groups excluding carboxylic acids is 1. The molecule has 1 saturated carbocycles. The van der Waals surface area contributed by atoms with Crippen molar-refractivity contribution < 1.29 is 31.1 Å². The molecule has 0 unspecified atom stereocenters. The van der Waals surface area contributed by atoms with E-state index in [9.17, 15) is 35.9 Å². The summed E-state index contributed by atoms with van der Waals surface area (Å²) in [7, 11) is 1.57. The number of hydrogen-bond acceptors (Lipinski definition) is 3. The third-order valence-corrected chi connectivity index (χ3v) is 6.65. The lowest BCUT2D eigenvalue weighted by molar-refractivity contribution is -0.143. The smallest absolute Gasteiger partial charge is 0.339 e. The number of halogens is 6. The Morgan fingerprint density at radius 3 is 1.94 bits per heavy atom. The fourth-order valence-corrected chi connectivity index (χ4v) is 4.88. The molecule has 34 heavy (non-hydrogen) atoms. The van der Waals surface area contributed by atoms with Crippen molar-refractivity contribution >= 4 is 5.91 Å². The lowest BCUT2D eigenvalue weighted by Crippen LogP contribution is -2.39. The predicted molar refractivity (Wildman–Crippen MR) is 109 cm³/mol. The van der Waals surface area contributed by atoms with Crippen molar-refractivity contribution in [1.29, 1.82) is 0 Å². The molecule has 2 fully saturated rings. The fourth-order valence-electron chi connectivity index (χ4n) is 4.88. The maximum atomic E-state index is 13.2. The highest BCUT2D eigenvalue weighted by atomic mass is 19.4. The molecule has 1 aromatic carbocycles. The quantitative estimate of drug-likeness (QED) is 0.584. The zero-order valence-electron chi connectivity index (χ0n) is 18.4. The minimum atomic E-state index is -5.02. The van der Waals surface area contributed by atoms with E-state index in [1.54, 1.807) is 11.6 Å². The number of benzene rings is 1. The van der Waals surface area contributed by atoms with Crippen molar-refractivity contribution in [2.24, 2.45) is 7.05 Å². The van der Waals surface area contributed by atoms with Gasteiger partial charge in [-0.1, -0.05) is 12.8 Å². The van der Waals surface area contributed by atoms with Gasteiger partial charge in [-0.15, -0.1) is 0 Å². The number of hydrogen-bond donors (Lipinski definition) is 0. The number of carbonyl (C=O) groups is 1. The molecule has 0 atom stereocenters. The van der Waals surface area contributed by atoms with Crippen molar-refractivity contribution in [3.8, 4) is 0 Å². The summed E-state index contributed by atoms with van der Waals surface area (Å²) >= 11 is 0. The lowest BCUT2D eigenvalue weighted by Gasteiger charge is -2.32. The summed E-state index contributed by atoms with van der Waals surface area (Å²) in [5.74, 6) is -0.389. The van der Waals surface area contributed by atoms with Gasteiger partial charge in [-0.25, -0.2) is 9.48 Å². The first-order valence-corrected chi connectivity index (χ1v) is 11.1. The summed E-state index contributed by atoms with van der Waals surface area (Å²) in [4.78, 5) is 26.7. The average molecular weight is 490 g/mol. The Morgan fingerprint density at radius 2 is 1.44 bits per heavy atom. The molecule has 0 radical (unpaired) electrons. The van der Waals surface area contributed by atoms with E-state index in [1.807, 2.05) is 0 Å². The molecule has 1 aromatic heterocycles. The van der Waals surface area contributed by atoms with E-state index in [1.165, 1.54) is 9.58 Å². The highest BCUT2D eigenvalue weighted by Gasteiger charge is 2.38. The molecule has 2 aliphatic rings. The summed E-state index contributed by atoms with van der Waals surface area (Å²) in [6, 6.07) is 0.994. The van der Waals surface area contributed by atoms with Gasteiger partial charge in [-0.2, -0.15) is 31.4 Å². The second-order valence-electron chi connectivity index (χ2n) is 8.93. The molecule has 0 spiro atoms. The minimum absolute atomic E-state index is 0.00632. The third kappa shape index (κ3) is 4.72. The number of alkyl halides is 6. The van der Waals surface area contributed by atoms with E-state index in [2.05, 4.69) is 5.10 Å². The second-order valence-corrected chi connectivity index (χ2v) is 8.93. The molecule has 1 amide bonds. The third-order valence-electron chi connectivity index (χ3n) is 6.65. The normalized spacial score (nSPS) is 18.6. The topological polar surface area (TPSA) is 60.1 Å². The van der Waals surface area contributed by atoms with Crippen LogP contribution in [0.25, 0.3) is 0 Å². The van der Waals surface area contributed by atoms with Gasteiger partial charge in [0.1, 0.15) is 5.82 Å². The van der Waals surface area contributed by atoms with Crippen molar-refractivity contribution in [3.05, 3.63) is 51.2 Å². The molecule has 1 saturated heterocycles. The van der Waals surface area contributed by atoms with Crippen LogP contribution in [0.3, 0.4) is 0 Å². The number of likely N-dealkylation sites (tertiary alicyclic amines) is 1. The lowest BCUT2D eigenvalue weighted by atomic mass is 9.94. The Balaban J connectivity index is 1.54. The summed E-state index contributed by atoms with van der Waals surface area (Å²) in [6.07, 6.45) is -5.43. The van der Waals surface area contributed by atoms with Crippen molar-refractivity contribution in [2.45, 2.75) is 62.8 Å². The molecular weight excluding hydrogens is 466 g/mol. The number of aromatic nitrogens is 3. The van der Waals surface area contributed by atoms with Crippen LogP contribution in [-0.4, -0.2) is 38.2 Å². The van der Waals surface area contributed by atoms with Gasteiger partial charge in [0.25, 0.3) is 5.91 Å². The predicted octanol–water partition coefficient (Wildman–Crippen LogP) is 4.75. The van der Waals surface area contributed by atoms with E-state index < -0.39 is 35.0 Å². The van der Waals surface area contributed by atoms with Crippen molar-refractivity contribution in [1.82, 2.24) is 19.2 Å². The largest absolute Gasteiger partial charge is 0.416 e. The first-order valence-electron chi connectivity index (χ1n) is 11.1. The van der Waals surface area contributed by atoms with Crippen molar-refractivity contribution in [2.75, 3.05) is 13.1 Å². The summed E-state index contributed by atoms with van der Waals surface area (Å²) in [5.41, 5.74) is -3.89. The number of piperidine rings is 1. The maximum absolute atomic E-state index is 13.2. The van der Waals surface area contributed by atoms with Gasteiger partial charge in [-0.05, 0) is 43.9 Å². The van der Waals surface area contributed by atoms with E-state index in [0.29, 0.717) is 30.8 Å². The van der Waals surface area contributed by atoms with Gasteiger partial charge in [0.15, 0.2) is 0 Å². The van der Waals surface area contributed by atoms with Crippen molar-refractivity contribution in [3.63, 3.8) is 0 Å². The minimum Gasteiger partial charge on any atom is -0.339 e. The molecule has 1 aliphatic carbocycles. The number of amides is 1. The van der Waals surface area contributed by atoms with Gasteiger partial charge in [-0.3, -0.25) is 9.36 Å². The molecular formula is C22H24F6N4O2. The second kappa shape index (κ2) is 8.77. The van der Waals surface area contributed by atoms with Gasteiger partial charge in [0, 0.05) is 37.7 Å². The molecule has 12 heteroatoms. The van der Waals surface area contributed by atoms with Gasteiger partial charge in [0.2, 0.25) is 0 Å². The summed E-state index contributed by atoms with van der Waals surface area (Å²) in [5, 5.41) is 4.40. The molecule has 4 rings (SSSR count). The van der Waals surface area contributed by atoms with Gasteiger partial charge in [0.05, 0.1) is 11.1 Å². The SMILES string of the molecule is Cn1nc(C2CCN(C(=O)c3cc(C(F)(F)F)cc(C(F)(F)F)c3)CC2)n(C2CCCC2)c1=O. The monoisotopic (exact) mass is 490 g/mol. The number of aryl methyl sites for hydroxylation is 1. The van der Waals surface area contributed by atoms with Gasteiger partial charge >= 0.3 is 18.0 Å². The molecule has 2 heterocycles. The number of nitrogens with zero attached hydrogens (tertiary/aromatic N) is 4. The van der Waals surface area contributed by atoms with Crippen LogP contribution in [0.15, 0.2) is 23.0 Å². The van der Waals surface area contributed by atoms with Crippen LogP contribution in [-0.2, 0) is 19.4 Å². The molecule has 0 bridgehead atoms. The summed E-state index contributed by atoms with van der Waals surface area (Å²) < 4.78 is 81.9. The molecule has 6 nitrogen and oxygen atoms in total. The Kier molecular flexibility index (Phi) is 6.28. The fraction of sp³-hybridized carbons (Fsp3) is 0.591. The highest BCUT2D eigenvalue weighted by molar-refractivity contribution is 5.94. The van der Waals surface area contributed by atoms with Crippen LogP contribution >= 0.6 is 0 Å². The zero-order valence-corrected chi connectivity index (χ0v) is 18.4. The average Bonchev–Trinajstić information content (AvgIpc) is 3.40. The molecule has 1 aliphatic heterocycles. The van der Waals surface area contributed by atoms with E-state index in [0.717, 1.165) is 25.7 Å². The van der Waals surface area contributed by atoms with Crippen LogP contribution in [0, 0.1) is 0 Å². The Labute approximate surface area is 191 Å². The van der Waals surface area contributed by atoms with E-state index in [-0.39, 0.29) is 36.8 Å². The zero-order chi connectivity index (χ0) is 24.8. The first kappa shape index (κ1) is 24.3. The Bertz CT molecular complexity index is 1090. The maximum Gasteiger partial charge on any atom is 0.416 e. The van der Waals surface area contributed by atoms with Gasteiger partial charge < -0.3 is 4.90 Å². The van der Waals surface area contributed by atoms with Crippen LogP contribution in [0.1, 0.15) is 77.8 Å². The highest BCUT2D eigenvalue weighted by Crippen LogP contribution is 2.37. The molecule has 2 aromatic rings. The number of rotatable bonds is 3. The molecule has 186 valence electrons. The Morgan fingerprint density at radius 1 is 0.912 bits per heavy atom. The van der Waals surface area contributed by atoms with Crippen LogP contribution in [0.2, 0.25) is 0 Å². The van der Waals surface area contributed by atoms with E-state index >= 15 is 0 Å². The summed E-state index contributed by atoms with van der Waals surface area (Å²) in [6.45, 7) is 0.271. The first-order chi connectivity index (χ1) is 15.9. The van der Waals surface area contributed by atoms with Crippen LogP contribution in [0.4, 0.5) is 26.3 Å². The van der Waals surface area contributed by atoms with E-state index in [4.69, 9.17) is 0 Å². The van der Waals surface area contributed by atoms with Crippen LogP contribution < -0.4 is 5.69 Å².